The molecule has 0 saturated heterocycles. The van der Waals surface area contributed by atoms with Crippen molar-refractivity contribution in [3.63, 3.8) is 0 Å². The lowest BCUT2D eigenvalue weighted by Crippen LogP contribution is -2.23. The predicted octanol–water partition coefficient (Wildman–Crippen LogP) is 2.94. The largest absolute Gasteiger partial charge is 0.0783 e. The van der Waals surface area contributed by atoms with Crippen LogP contribution in [0.15, 0.2) is 16.8 Å². The molecule has 0 aromatic rings. The van der Waals surface area contributed by atoms with E-state index in [2.05, 4.69) is 38.7 Å². The van der Waals surface area contributed by atoms with Crippen molar-refractivity contribution in [2.45, 2.75) is 33.0 Å². The first-order chi connectivity index (χ1) is 4.52. The van der Waals surface area contributed by atoms with Crippen LogP contribution in [0.25, 0.3) is 0 Å². The number of hydrogen-bond donors (Lipinski definition) is 0. The van der Waals surface area contributed by atoms with Gasteiger partial charge in [0.05, 0.1) is 8.07 Å². The van der Waals surface area contributed by atoms with E-state index in [4.69, 9.17) is 0 Å². The predicted molar refractivity (Wildman–Crippen MR) is 48.5 cm³/mol. The lowest BCUT2D eigenvalue weighted by Gasteiger charge is -2.18. The highest BCUT2D eigenvalue weighted by Crippen LogP contribution is 2.26. The highest BCUT2D eigenvalue weighted by molar-refractivity contribution is 6.83. The van der Waals surface area contributed by atoms with E-state index in [1.54, 1.807) is 0 Å². The smallest absolute Gasteiger partial charge is 0.0773 e. The fourth-order valence-electron chi connectivity index (χ4n) is 1.40. The van der Waals surface area contributed by atoms with E-state index < -0.39 is 8.07 Å². The molecular formula is C9H15Si. The van der Waals surface area contributed by atoms with Gasteiger partial charge in [-0.25, -0.2) is 0 Å². The van der Waals surface area contributed by atoms with Crippen LogP contribution in [0.3, 0.4) is 0 Å². The Bertz CT molecular complexity index is 191. The molecule has 0 fully saturated rings. The van der Waals surface area contributed by atoms with Gasteiger partial charge in [-0.05, 0) is 19.4 Å². The third-order valence-electron chi connectivity index (χ3n) is 1.83. The molecule has 0 atom stereocenters. The van der Waals surface area contributed by atoms with Gasteiger partial charge < -0.3 is 0 Å². The van der Waals surface area contributed by atoms with E-state index in [0.717, 1.165) is 6.42 Å². The van der Waals surface area contributed by atoms with Gasteiger partial charge in [0, 0.05) is 0 Å². The Hall–Kier alpha value is -0.303. The first-order valence-corrected chi connectivity index (χ1v) is 7.30. The molecule has 0 amide bonds. The molecule has 0 N–H and O–H groups in total. The van der Waals surface area contributed by atoms with Crippen LogP contribution >= 0.6 is 0 Å². The zero-order valence-corrected chi connectivity index (χ0v) is 8.28. The maximum atomic E-state index is 3.43. The topological polar surface area (TPSA) is 0 Å². The molecule has 1 aliphatic carbocycles. The van der Waals surface area contributed by atoms with Crippen LogP contribution in [0.1, 0.15) is 13.3 Å². The highest BCUT2D eigenvalue weighted by Gasteiger charge is 2.22. The van der Waals surface area contributed by atoms with Gasteiger partial charge in [-0.3, -0.25) is 0 Å². The molecule has 0 nitrogen and oxygen atoms in total. The van der Waals surface area contributed by atoms with Crippen LogP contribution in [0, 0.1) is 6.08 Å². The van der Waals surface area contributed by atoms with Crippen molar-refractivity contribution >= 4 is 8.07 Å². The van der Waals surface area contributed by atoms with Crippen molar-refractivity contribution < 1.29 is 0 Å². The van der Waals surface area contributed by atoms with Gasteiger partial charge in [0.2, 0.25) is 0 Å². The molecule has 0 aliphatic heterocycles. The number of rotatable bonds is 1. The van der Waals surface area contributed by atoms with Crippen molar-refractivity contribution in [2.24, 2.45) is 0 Å². The molecule has 0 heterocycles. The molecule has 1 rings (SSSR count). The van der Waals surface area contributed by atoms with Crippen LogP contribution < -0.4 is 0 Å². The Morgan fingerprint density at radius 2 is 2.00 bits per heavy atom. The monoisotopic (exact) mass is 151 g/mol. The van der Waals surface area contributed by atoms with Gasteiger partial charge in [0.25, 0.3) is 0 Å². The Kier molecular flexibility index (Phi) is 1.86. The van der Waals surface area contributed by atoms with E-state index in [-0.39, 0.29) is 0 Å². The maximum Gasteiger partial charge on any atom is 0.0783 e. The lowest BCUT2D eigenvalue weighted by atomic mass is 10.3. The average Bonchev–Trinajstić information content (AvgIpc) is 2.11. The van der Waals surface area contributed by atoms with Gasteiger partial charge in [0.1, 0.15) is 0 Å². The summed E-state index contributed by atoms with van der Waals surface area (Å²) in [5, 5.41) is 1.53. The van der Waals surface area contributed by atoms with Crippen LogP contribution in [0.4, 0.5) is 0 Å². The molecule has 10 heavy (non-hydrogen) atoms. The molecular weight excluding hydrogens is 136 g/mol. The van der Waals surface area contributed by atoms with Gasteiger partial charge in [-0.15, -0.1) is 0 Å². The Balaban J connectivity index is 2.85. The molecule has 0 saturated carbocycles. The van der Waals surface area contributed by atoms with Crippen LogP contribution in [0.5, 0.6) is 0 Å². The van der Waals surface area contributed by atoms with Gasteiger partial charge >= 0.3 is 0 Å². The van der Waals surface area contributed by atoms with Crippen molar-refractivity contribution in [2.75, 3.05) is 0 Å². The average molecular weight is 151 g/mol. The molecule has 1 heteroatoms. The van der Waals surface area contributed by atoms with Gasteiger partial charge in [0.15, 0.2) is 0 Å². The standard InChI is InChI=1S/C9H15Si/c1-8-6-5-7-9(8)10(2,3)4/h6H,5H2,1-4H3. The summed E-state index contributed by atoms with van der Waals surface area (Å²) in [6.07, 6.45) is 6.75. The Morgan fingerprint density at radius 3 is 2.20 bits per heavy atom. The second-order valence-corrected chi connectivity index (χ2v) is 8.89. The zero-order chi connectivity index (χ0) is 7.78. The van der Waals surface area contributed by atoms with Crippen LogP contribution in [-0.2, 0) is 0 Å². The highest BCUT2D eigenvalue weighted by atomic mass is 28.3. The van der Waals surface area contributed by atoms with Crippen molar-refractivity contribution in [1.82, 2.24) is 0 Å². The molecule has 0 aromatic heterocycles. The molecule has 1 aliphatic rings. The second kappa shape index (κ2) is 2.39. The fraction of sp³-hybridized carbons (Fsp3) is 0.556. The summed E-state index contributed by atoms with van der Waals surface area (Å²) < 4.78 is 0. The second-order valence-electron chi connectivity index (χ2n) is 3.89. The SMILES string of the molecule is CC1=CC[C]=C1[Si](C)(C)C. The van der Waals surface area contributed by atoms with Gasteiger partial charge in [-0.1, -0.05) is 36.5 Å². The molecule has 0 spiro atoms. The first-order valence-electron chi connectivity index (χ1n) is 3.80. The summed E-state index contributed by atoms with van der Waals surface area (Å²) >= 11 is 0. The molecule has 0 aromatic carbocycles. The summed E-state index contributed by atoms with van der Waals surface area (Å²) in [5.41, 5.74) is 1.47. The molecule has 55 valence electrons. The normalized spacial score (nSPS) is 18.8. The van der Waals surface area contributed by atoms with E-state index in [9.17, 15) is 0 Å². The van der Waals surface area contributed by atoms with E-state index >= 15 is 0 Å². The van der Waals surface area contributed by atoms with E-state index in [0.29, 0.717) is 0 Å². The minimum atomic E-state index is -1.05. The van der Waals surface area contributed by atoms with Crippen molar-refractivity contribution in [3.05, 3.63) is 22.9 Å². The van der Waals surface area contributed by atoms with E-state index in [1.165, 1.54) is 10.8 Å². The summed E-state index contributed by atoms with van der Waals surface area (Å²) in [5.74, 6) is 0. The molecule has 1 radical (unpaired) electrons. The first kappa shape index (κ1) is 7.80. The number of allylic oxidation sites excluding steroid dienone is 4. The van der Waals surface area contributed by atoms with Crippen LogP contribution in [-0.4, -0.2) is 8.07 Å². The summed E-state index contributed by atoms with van der Waals surface area (Å²) in [7, 11) is -1.05. The van der Waals surface area contributed by atoms with Crippen molar-refractivity contribution in [3.8, 4) is 0 Å². The fourth-order valence-corrected chi connectivity index (χ4v) is 3.32. The maximum absolute atomic E-state index is 3.43. The zero-order valence-electron chi connectivity index (χ0n) is 7.28. The Morgan fingerprint density at radius 1 is 1.40 bits per heavy atom. The molecule has 0 unspecified atom stereocenters. The Labute approximate surface area is 64.7 Å². The molecule has 0 bridgehead atoms. The summed E-state index contributed by atoms with van der Waals surface area (Å²) in [4.78, 5) is 0. The number of hydrogen-bond acceptors (Lipinski definition) is 0. The summed E-state index contributed by atoms with van der Waals surface area (Å²) in [6.45, 7) is 9.32. The van der Waals surface area contributed by atoms with E-state index in [1.807, 2.05) is 0 Å². The minimum absolute atomic E-state index is 1.05. The third kappa shape index (κ3) is 1.40. The summed E-state index contributed by atoms with van der Waals surface area (Å²) in [6, 6.07) is 0. The van der Waals surface area contributed by atoms with Crippen molar-refractivity contribution in [1.29, 1.82) is 0 Å². The lowest BCUT2D eigenvalue weighted by molar-refractivity contribution is 1.38. The minimum Gasteiger partial charge on any atom is -0.0773 e. The third-order valence-corrected chi connectivity index (χ3v) is 3.90. The van der Waals surface area contributed by atoms with Crippen LogP contribution in [0.2, 0.25) is 19.6 Å². The quantitative estimate of drug-likeness (QED) is 0.505. The van der Waals surface area contributed by atoms with Gasteiger partial charge in [-0.2, -0.15) is 0 Å².